The monoisotopic (exact) mass is 275 g/mol. The lowest BCUT2D eigenvalue weighted by Gasteiger charge is -2.35. The fourth-order valence-electron chi connectivity index (χ4n) is 3.28. The van der Waals surface area contributed by atoms with Crippen molar-refractivity contribution in [2.45, 2.75) is 64.5 Å². The Bertz CT molecular complexity index is 492. The largest absolute Gasteiger partial charge is 0.480 e. The van der Waals surface area contributed by atoms with Crippen LogP contribution in [0.2, 0.25) is 0 Å². The molecule has 1 saturated carbocycles. The number of rotatable bonds is 4. The first-order chi connectivity index (χ1) is 9.43. The fourth-order valence-corrected chi connectivity index (χ4v) is 3.28. The minimum atomic E-state index is -1.00. The minimum absolute atomic E-state index is 0.311. The van der Waals surface area contributed by atoms with Crippen LogP contribution in [0.25, 0.3) is 0 Å². The lowest BCUT2D eigenvalue weighted by atomic mass is 9.85. The molecule has 2 rings (SSSR count). The van der Waals surface area contributed by atoms with Crippen LogP contribution in [-0.4, -0.2) is 17.1 Å². The molecule has 0 amide bonds. The fraction of sp³-hybridized carbons (Fsp3) is 0.588. The van der Waals surface area contributed by atoms with Crippen molar-refractivity contribution in [3.63, 3.8) is 0 Å². The standard InChI is InChI=1S/C17H25NO2/c1-12-9-10-15(13(2)11-12)17(3,16(19)20)18-14-7-5-4-6-8-14/h9-11,14,18H,4-8H2,1-3H3,(H,19,20). The van der Waals surface area contributed by atoms with E-state index < -0.39 is 11.5 Å². The molecule has 0 aliphatic heterocycles. The van der Waals surface area contributed by atoms with Crippen molar-refractivity contribution < 1.29 is 9.90 Å². The van der Waals surface area contributed by atoms with E-state index in [1.165, 1.54) is 19.3 Å². The van der Waals surface area contributed by atoms with Crippen LogP contribution in [0.1, 0.15) is 55.7 Å². The first kappa shape index (κ1) is 15.0. The molecule has 0 saturated heterocycles. The van der Waals surface area contributed by atoms with E-state index in [0.717, 1.165) is 29.5 Å². The highest BCUT2D eigenvalue weighted by Crippen LogP contribution is 2.29. The zero-order valence-electron chi connectivity index (χ0n) is 12.7. The van der Waals surface area contributed by atoms with Crippen molar-refractivity contribution in [3.8, 4) is 0 Å². The SMILES string of the molecule is Cc1ccc(C(C)(NC2CCCCC2)C(=O)O)c(C)c1. The molecule has 1 unspecified atom stereocenters. The molecule has 1 aliphatic rings. The van der Waals surface area contributed by atoms with Crippen molar-refractivity contribution in [1.82, 2.24) is 5.32 Å². The molecule has 0 bridgehead atoms. The third-order valence-electron chi connectivity index (χ3n) is 4.45. The summed E-state index contributed by atoms with van der Waals surface area (Å²) in [6, 6.07) is 6.31. The summed E-state index contributed by atoms with van der Waals surface area (Å²) in [5, 5.41) is 13.2. The first-order valence-electron chi connectivity index (χ1n) is 7.52. The maximum absolute atomic E-state index is 11.9. The second-order valence-electron chi connectivity index (χ2n) is 6.23. The summed E-state index contributed by atoms with van der Waals surface area (Å²) >= 11 is 0. The number of benzene rings is 1. The summed E-state index contributed by atoms with van der Waals surface area (Å²) in [6.07, 6.45) is 5.81. The van der Waals surface area contributed by atoms with Crippen LogP contribution in [-0.2, 0) is 10.3 Å². The van der Waals surface area contributed by atoms with E-state index in [-0.39, 0.29) is 0 Å². The van der Waals surface area contributed by atoms with E-state index in [9.17, 15) is 9.90 Å². The van der Waals surface area contributed by atoms with E-state index in [1.807, 2.05) is 26.0 Å². The van der Waals surface area contributed by atoms with E-state index in [4.69, 9.17) is 0 Å². The zero-order valence-corrected chi connectivity index (χ0v) is 12.7. The third kappa shape index (κ3) is 3.04. The Hall–Kier alpha value is -1.35. The van der Waals surface area contributed by atoms with Gasteiger partial charge in [-0.1, -0.05) is 43.0 Å². The van der Waals surface area contributed by atoms with Crippen LogP contribution in [0.4, 0.5) is 0 Å². The van der Waals surface area contributed by atoms with Gasteiger partial charge in [0.1, 0.15) is 5.54 Å². The van der Waals surface area contributed by atoms with Gasteiger partial charge >= 0.3 is 5.97 Å². The molecule has 1 atom stereocenters. The summed E-state index contributed by atoms with van der Waals surface area (Å²) < 4.78 is 0. The van der Waals surface area contributed by atoms with Gasteiger partial charge in [0, 0.05) is 6.04 Å². The normalized spacial score (nSPS) is 19.6. The highest BCUT2D eigenvalue weighted by molar-refractivity contribution is 5.81. The van der Waals surface area contributed by atoms with Crippen LogP contribution in [0.5, 0.6) is 0 Å². The van der Waals surface area contributed by atoms with Gasteiger partial charge in [-0.05, 0) is 44.7 Å². The molecule has 1 aromatic carbocycles. The average molecular weight is 275 g/mol. The van der Waals surface area contributed by atoms with Crippen LogP contribution < -0.4 is 5.32 Å². The maximum atomic E-state index is 11.9. The van der Waals surface area contributed by atoms with E-state index in [2.05, 4.69) is 11.4 Å². The van der Waals surface area contributed by atoms with Crippen LogP contribution in [0.15, 0.2) is 18.2 Å². The average Bonchev–Trinajstić information content (AvgIpc) is 2.39. The smallest absolute Gasteiger partial charge is 0.328 e. The van der Waals surface area contributed by atoms with E-state index in [0.29, 0.717) is 6.04 Å². The zero-order chi connectivity index (χ0) is 14.8. The van der Waals surface area contributed by atoms with Crippen LogP contribution in [0, 0.1) is 13.8 Å². The maximum Gasteiger partial charge on any atom is 0.328 e. The van der Waals surface area contributed by atoms with Gasteiger partial charge < -0.3 is 5.11 Å². The highest BCUT2D eigenvalue weighted by Gasteiger charge is 2.38. The Labute approximate surface area is 121 Å². The molecular formula is C17H25NO2. The Morgan fingerprint density at radius 2 is 1.90 bits per heavy atom. The van der Waals surface area contributed by atoms with Gasteiger partial charge in [-0.15, -0.1) is 0 Å². The lowest BCUT2D eigenvalue weighted by Crippen LogP contribution is -2.52. The van der Waals surface area contributed by atoms with E-state index >= 15 is 0 Å². The highest BCUT2D eigenvalue weighted by atomic mass is 16.4. The van der Waals surface area contributed by atoms with Crippen molar-refractivity contribution in [2.75, 3.05) is 0 Å². The molecule has 0 aromatic heterocycles. The predicted octanol–water partition coefficient (Wildman–Crippen LogP) is 3.53. The second-order valence-corrected chi connectivity index (χ2v) is 6.23. The molecule has 1 fully saturated rings. The van der Waals surface area contributed by atoms with Gasteiger partial charge in [-0.2, -0.15) is 0 Å². The van der Waals surface area contributed by atoms with E-state index in [1.54, 1.807) is 6.92 Å². The number of aryl methyl sites for hydroxylation is 2. The summed E-state index contributed by atoms with van der Waals surface area (Å²) in [7, 11) is 0. The predicted molar refractivity (Wildman–Crippen MR) is 80.9 cm³/mol. The van der Waals surface area contributed by atoms with Crippen LogP contribution in [0.3, 0.4) is 0 Å². The van der Waals surface area contributed by atoms with Gasteiger partial charge in [-0.25, -0.2) is 4.79 Å². The Morgan fingerprint density at radius 1 is 1.25 bits per heavy atom. The van der Waals surface area contributed by atoms with Gasteiger partial charge in [0.15, 0.2) is 0 Å². The number of hydrogen-bond donors (Lipinski definition) is 2. The van der Waals surface area contributed by atoms with Gasteiger partial charge in [0.05, 0.1) is 0 Å². The lowest BCUT2D eigenvalue weighted by molar-refractivity contribution is -0.145. The molecule has 20 heavy (non-hydrogen) atoms. The number of hydrogen-bond acceptors (Lipinski definition) is 2. The molecular weight excluding hydrogens is 250 g/mol. The first-order valence-corrected chi connectivity index (χ1v) is 7.52. The van der Waals surface area contributed by atoms with Crippen molar-refractivity contribution in [3.05, 3.63) is 34.9 Å². The molecule has 0 heterocycles. The van der Waals surface area contributed by atoms with Crippen molar-refractivity contribution in [2.24, 2.45) is 0 Å². The number of nitrogens with one attached hydrogen (secondary N) is 1. The Kier molecular flexibility index (Phi) is 4.48. The van der Waals surface area contributed by atoms with Crippen molar-refractivity contribution >= 4 is 5.97 Å². The van der Waals surface area contributed by atoms with Gasteiger partial charge in [-0.3, -0.25) is 5.32 Å². The summed E-state index contributed by atoms with van der Waals surface area (Å²) in [5.74, 6) is -0.796. The minimum Gasteiger partial charge on any atom is -0.480 e. The summed E-state index contributed by atoms with van der Waals surface area (Å²) in [5.41, 5.74) is 2.08. The van der Waals surface area contributed by atoms with Crippen LogP contribution >= 0.6 is 0 Å². The number of carboxylic acids is 1. The number of carbonyl (C=O) groups is 1. The quantitative estimate of drug-likeness (QED) is 0.884. The van der Waals surface area contributed by atoms with Crippen molar-refractivity contribution in [1.29, 1.82) is 0 Å². The molecule has 110 valence electrons. The molecule has 1 aromatic rings. The molecule has 2 N–H and O–H groups in total. The second kappa shape index (κ2) is 5.96. The molecule has 1 aliphatic carbocycles. The summed E-state index contributed by atoms with van der Waals surface area (Å²) in [4.78, 5) is 11.9. The third-order valence-corrected chi connectivity index (χ3v) is 4.45. The molecule has 3 nitrogen and oxygen atoms in total. The molecule has 3 heteroatoms. The number of aliphatic carboxylic acids is 1. The Balaban J connectivity index is 2.30. The molecule has 0 spiro atoms. The topological polar surface area (TPSA) is 49.3 Å². The van der Waals surface area contributed by atoms with Gasteiger partial charge in [0.2, 0.25) is 0 Å². The summed E-state index contributed by atoms with van der Waals surface area (Å²) in [6.45, 7) is 5.82. The number of carboxylic acid groups (broad SMARTS) is 1. The molecule has 0 radical (unpaired) electrons. The van der Waals surface area contributed by atoms with Gasteiger partial charge in [0.25, 0.3) is 0 Å². The Morgan fingerprint density at radius 3 is 2.45 bits per heavy atom.